The molecule has 0 spiro atoms. The minimum absolute atomic E-state index is 0.210. The lowest BCUT2D eigenvalue weighted by molar-refractivity contribution is 0.588. The molecule has 1 aromatic carbocycles. The molecule has 0 fully saturated rings. The van der Waals surface area contributed by atoms with Crippen molar-refractivity contribution in [3.05, 3.63) is 42.1 Å². The van der Waals surface area contributed by atoms with Gasteiger partial charge in [-0.15, -0.1) is 0 Å². The first kappa shape index (κ1) is 13.7. The van der Waals surface area contributed by atoms with Crippen molar-refractivity contribution in [1.29, 1.82) is 0 Å². The van der Waals surface area contributed by atoms with Gasteiger partial charge in [-0.05, 0) is 31.3 Å². The molecule has 0 radical (unpaired) electrons. The standard InChI is InChI=1S/C13H15N5O2S/c1-14-21(19,20)10-4-2-3-9(7-10)18-13-11-5-6-15-12(11)16-8-17-13/h2-8,13-15,18H,1H3,(H,16,17). The summed E-state index contributed by atoms with van der Waals surface area (Å²) in [6, 6.07) is 8.54. The number of aliphatic imine (C=N–C) groups is 1. The van der Waals surface area contributed by atoms with Crippen molar-refractivity contribution in [1.82, 2.24) is 9.71 Å². The maximum atomic E-state index is 11.8. The highest BCUT2D eigenvalue weighted by Gasteiger charge is 2.19. The third kappa shape index (κ3) is 2.63. The predicted molar refractivity (Wildman–Crippen MR) is 82.0 cm³/mol. The molecule has 2 aromatic rings. The Bertz CT molecular complexity index is 781. The summed E-state index contributed by atoms with van der Waals surface area (Å²) in [7, 11) is -2.07. The average Bonchev–Trinajstić information content (AvgIpc) is 2.97. The van der Waals surface area contributed by atoms with Crippen LogP contribution in [0.2, 0.25) is 0 Å². The number of hydrogen-bond donors (Lipinski definition) is 4. The van der Waals surface area contributed by atoms with Crippen LogP contribution in [0.15, 0.2) is 46.4 Å². The fourth-order valence-corrected chi connectivity index (χ4v) is 2.91. The van der Waals surface area contributed by atoms with Gasteiger partial charge < -0.3 is 15.6 Å². The third-order valence-electron chi connectivity index (χ3n) is 3.22. The molecule has 1 aliphatic rings. The fraction of sp³-hybridized carbons (Fsp3) is 0.154. The number of aromatic amines is 1. The van der Waals surface area contributed by atoms with Crippen LogP contribution >= 0.6 is 0 Å². The zero-order chi connectivity index (χ0) is 14.9. The largest absolute Gasteiger partial charge is 0.360 e. The van der Waals surface area contributed by atoms with E-state index in [9.17, 15) is 8.42 Å². The minimum Gasteiger partial charge on any atom is -0.360 e. The van der Waals surface area contributed by atoms with Gasteiger partial charge in [0, 0.05) is 17.4 Å². The summed E-state index contributed by atoms with van der Waals surface area (Å²) in [6.07, 6.45) is 3.16. The summed E-state index contributed by atoms with van der Waals surface area (Å²) in [5.41, 5.74) is 1.65. The first-order valence-corrected chi connectivity index (χ1v) is 7.84. The summed E-state index contributed by atoms with van der Waals surface area (Å²) < 4.78 is 25.9. The van der Waals surface area contributed by atoms with E-state index in [4.69, 9.17) is 0 Å². The number of rotatable bonds is 4. The van der Waals surface area contributed by atoms with Crippen LogP contribution in [0.5, 0.6) is 0 Å². The number of benzene rings is 1. The van der Waals surface area contributed by atoms with Crippen LogP contribution in [0.1, 0.15) is 11.7 Å². The van der Waals surface area contributed by atoms with E-state index >= 15 is 0 Å². The molecule has 8 heteroatoms. The Hall–Kier alpha value is -2.32. The Kier molecular flexibility index (Phi) is 3.40. The molecule has 110 valence electrons. The van der Waals surface area contributed by atoms with E-state index in [1.165, 1.54) is 7.05 Å². The number of aromatic nitrogens is 1. The van der Waals surface area contributed by atoms with Gasteiger partial charge in [0.2, 0.25) is 10.0 Å². The van der Waals surface area contributed by atoms with Gasteiger partial charge in [0.05, 0.1) is 11.2 Å². The highest BCUT2D eigenvalue weighted by Crippen LogP contribution is 2.29. The summed E-state index contributed by atoms with van der Waals surface area (Å²) in [6.45, 7) is 0. The van der Waals surface area contributed by atoms with E-state index in [1.54, 1.807) is 30.6 Å². The Balaban J connectivity index is 1.88. The lowest BCUT2D eigenvalue weighted by Gasteiger charge is -2.20. The van der Waals surface area contributed by atoms with Crippen molar-refractivity contribution in [3.8, 4) is 0 Å². The van der Waals surface area contributed by atoms with Gasteiger partial charge in [-0.25, -0.2) is 18.1 Å². The second-order valence-electron chi connectivity index (χ2n) is 4.51. The molecule has 1 aromatic heterocycles. The maximum absolute atomic E-state index is 11.8. The second-order valence-corrected chi connectivity index (χ2v) is 6.40. The number of fused-ring (bicyclic) bond motifs is 1. The number of anilines is 2. The number of nitrogens with one attached hydrogen (secondary N) is 4. The summed E-state index contributed by atoms with van der Waals surface area (Å²) in [4.78, 5) is 7.60. The fourth-order valence-electron chi connectivity index (χ4n) is 2.13. The van der Waals surface area contributed by atoms with Gasteiger partial charge in [-0.1, -0.05) is 6.07 Å². The SMILES string of the molecule is CNS(=O)(=O)c1cccc(NC2N=CNc3[nH]ccc32)c1. The Morgan fingerprint density at radius 2 is 2.14 bits per heavy atom. The van der Waals surface area contributed by atoms with Crippen molar-refractivity contribution in [2.75, 3.05) is 17.7 Å². The Morgan fingerprint density at radius 3 is 2.95 bits per heavy atom. The first-order chi connectivity index (χ1) is 10.1. The highest BCUT2D eigenvalue weighted by atomic mass is 32.2. The number of H-pyrrole nitrogens is 1. The van der Waals surface area contributed by atoms with Crippen molar-refractivity contribution < 1.29 is 8.42 Å². The zero-order valence-electron chi connectivity index (χ0n) is 11.3. The normalized spacial score (nSPS) is 17.1. The molecule has 21 heavy (non-hydrogen) atoms. The average molecular weight is 305 g/mol. The van der Waals surface area contributed by atoms with Crippen molar-refractivity contribution in [2.45, 2.75) is 11.1 Å². The van der Waals surface area contributed by atoms with Crippen LogP contribution in [0.3, 0.4) is 0 Å². The molecule has 1 atom stereocenters. The molecule has 0 bridgehead atoms. The van der Waals surface area contributed by atoms with Gasteiger partial charge in [-0.3, -0.25) is 0 Å². The minimum atomic E-state index is -3.46. The highest BCUT2D eigenvalue weighted by molar-refractivity contribution is 7.89. The molecular formula is C13H15N5O2S. The molecule has 0 saturated carbocycles. The predicted octanol–water partition coefficient (Wildman–Crippen LogP) is 1.49. The second kappa shape index (κ2) is 5.23. The van der Waals surface area contributed by atoms with Gasteiger partial charge in [0.15, 0.2) is 0 Å². The number of nitrogens with zero attached hydrogens (tertiary/aromatic N) is 1. The van der Waals surface area contributed by atoms with Crippen LogP contribution in [0.4, 0.5) is 11.5 Å². The molecule has 1 unspecified atom stereocenters. The lowest BCUT2D eigenvalue weighted by atomic mass is 10.2. The number of hydrogen-bond acceptors (Lipinski definition) is 5. The summed E-state index contributed by atoms with van der Waals surface area (Å²) in [5.74, 6) is 0.876. The van der Waals surface area contributed by atoms with Crippen molar-refractivity contribution >= 4 is 27.9 Å². The molecule has 0 saturated heterocycles. The quantitative estimate of drug-likeness (QED) is 0.688. The maximum Gasteiger partial charge on any atom is 0.240 e. The van der Waals surface area contributed by atoms with E-state index < -0.39 is 10.0 Å². The molecule has 0 aliphatic carbocycles. The molecule has 0 amide bonds. The van der Waals surface area contributed by atoms with Gasteiger partial charge >= 0.3 is 0 Å². The van der Waals surface area contributed by atoms with E-state index in [0.717, 1.165) is 11.4 Å². The van der Waals surface area contributed by atoms with Gasteiger partial charge in [-0.2, -0.15) is 0 Å². The lowest BCUT2D eigenvalue weighted by Crippen LogP contribution is -2.19. The van der Waals surface area contributed by atoms with Crippen molar-refractivity contribution in [3.63, 3.8) is 0 Å². The molecular weight excluding hydrogens is 290 g/mol. The number of sulfonamides is 1. The van der Waals surface area contributed by atoms with Crippen LogP contribution in [-0.2, 0) is 10.0 Å². The zero-order valence-corrected chi connectivity index (χ0v) is 12.1. The molecule has 4 N–H and O–H groups in total. The first-order valence-electron chi connectivity index (χ1n) is 6.36. The summed E-state index contributed by atoms with van der Waals surface area (Å²) in [5, 5.41) is 6.22. The Morgan fingerprint density at radius 1 is 1.29 bits per heavy atom. The molecule has 1 aliphatic heterocycles. The molecule has 2 heterocycles. The molecule has 7 nitrogen and oxygen atoms in total. The van der Waals surface area contributed by atoms with E-state index in [-0.39, 0.29) is 11.1 Å². The topological polar surface area (TPSA) is 98.4 Å². The van der Waals surface area contributed by atoms with E-state index in [1.807, 2.05) is 12.3 Å². The monoisotopic (exact) mass is 305 g/mol. The van der Waals surface area contributed by atoms with Crippen LogP contribution < -0.4 is 15.4 Å². The molecule has 3 rings (SSSR count). The van der Waals surface area contributed by atoms with Crippen LogP contribution in [0, 0.1) is 0 Å². The van der Waals surface area contributed by atoms with Crippen molar-refractivity contribution in [2.24, 2.45) is 4.99 Å². The van der Waals surface area contributed by atoms with Crippen LogP contribution in [0.25, 0.3) is 0 Å². The summed E-state index contributed by atoms with van der Waals surface area (Å²) >= 11 is 0. The van der Waals surface area contributed by atoms with E-state index in [2.05, 4.69) is 25.3 Å². The van der Waals surface area contributed by atoms with E-state index in [0.29, 0.717) is 5.69 Å². The van der Waals surface area contributed by atoms with Crippen LogP contribution in [-0.4, -0.2) is 26.8 Å². The van der Waals surface area contributed by atoms with Gasteiger partial charge in [0.1, 0.15) is 12.0 Å². The third-order valence-corrected chi connectivity index (χ3v) is 4.63. The van der Waals surface area contributed by atoms with Gasteiger partial charge in [0.25, 0.3) is 0 Å². The Labute approximate surface area is 122 Å². The smallest absolute Gasteiger partial charge is 0.240 e.